The summed E-state index contributed by atoms with van der Waals surface area (Å²) in [6, 6.07) is 22.5. The highest BCUT2D eigenvalue weighted by molar-refractivity contribution is 7.13. The second-order valence-corrected chi connectivity index (χ2v) is 7.16. The third-order valence-corrected chi connectivity index (χ3v) is 5.25. The first-order valence-electron chi connectivity index (χ1n) is 8.85. The molecule has 0 aliphatic rings. The second kappa shape index (κ2) is 8.20. The zero-order valence-corrected chi connectivity index (χ0v) is 15.9. The topological polar surface area (TPSA) is 39.1 Å². The van der Waals surface area contributed by atoms with E-state index in [0.717, 1.165) is 30.2 Å². The number of hydrogen-bond donors (Lipinski definition) is 1. The van der Waals surface area contributed by atoms with Gasteiger partial charge in [0.15, 0.2) is 0 Å². The van der Waals surface area contributed by atoms with E-state index in [0.29, 0.717) is 0 Å². The van der Waals surface area contributed by atoms with Crippen LogP contribution in [0.5, 0.6) is 5.75 Å². The zero-order valence-electron chi connectivity index (χ0n) is 15.1. The quantitative estimate of drug-likeness (QED) is 0.499. The number of nitrogens with zero attached hydrogens (tertiary/aromatic N) is 2. The van der Waals surface area contributed by atoms with Crippen molar-refractivity contribution in [1.29, 1.82) is 0 Å². The Kier molecular flexibility index (Phi) is 5.32. The number of hydrogen-bond acceptors (Lipinski definition) is 4. The van der Waals surface area contributed by atoms with Gasteiger partial charge in [-0.05, 0) is 41.3 Å². The molecule has 4 rings (SSSR count). The van der Waals surface area contributed by atoms with Crippen molar-refractivity contribution in [2.45, 2.75) is 13.1 Å². The van der Waals surface area contributed by atoms with E-state index in [1.165, 1.54) is 16.0 Å². The largest absolute Gasteiger partial charge is 0.497 e. The molecule has 0 unspecified atom stereocenters. The van der Waals surface area contributed by atoms with E-state index in [1.54, 1.807) is 18.4 Å². The van der Waals surface area contributed by atoms with Gasteiger partial charge in [-0.1, -0.05) is 36.4 Å². The summed E-state index contributed by atoms with van der Waals surface area (Å²) in [5.74, 6) is 0.878. The second-order valence-electron chi connectivity index (χ2n) is 6.21. The molecule has 0 saturated carbocycles. The van der Waals surface area contributed by atoms with Crippen molar-refractivity contribution in [3.8, 4) is 22.0 Å². The normalized spacial score (nSPS) is 10.9. The lowest BCUT2D eigenvalue weighted by Crippen LogP contribution is -2.12. The highest BCUT2D eigenvalue weighted by atomic mass is 32.1. The monoisotopic (exact) mass is 375 g/mol. The molecule has 4 nitrogen and oxygen atoms in total. The lowest BCUT2D eigenvalue weighted by atomic mass is 10.2. The number of benzene rings is 2. The smallest absolute Gasteiger partial charge is 0.118 e. The molecule has 0 radical (unpaired) electrons. The molecule has 2 aromatic carbocycles. The van der Waals surface area contributed by atoms with Crippen LogP contribution < -0.4 is 10.1 Å². The molecule has 136 valence electrons. The average Bonchev–Trinajstić information content (AvgIpc) is 3.39. The summed E-state index contributed by atoms with van der Waals surface area (Å²) in [4.78, 5) is 1.19. The molecule has 0 atom stereocenters. The molecule has 4 aromatic rings. The van der Waals surface area contributed by atoms with Gasteiger partial charge in [-0.2, -0.15) is 5.10 Å². The molecule has 5 heteroatoms. The molecular formula is C22H21N3OS. The minimum atomic E-state index is 0.756. The summed E-state index contributed by atoms with van der Waals surface area (Å²) in [6.07, 6.45) is 2.12. The summed E-state index contributed by atoms with van der Waals surface area (Å²) >= 11 is 1.72. The summed E-state index contributed by atoms with van der Waals surface area (Å²) in [5, 5.41) is 10.5. The van der Waals surface area contributed by atoms with Crippen molar-refractivity contribution in [3.63, 3.8) is 0 Å². The number of aromatic nitrogens is 2. The average molecular weight is 375 g/mol. The third kappa shape index (κ3) is 4.10. The molecule has 27 heavy (non-hydrogen) atoms. The van der Waals surface area contributed by atoms with Crippen molar-refractivity contribution >= 4 is 11.3 Å². The number of thiophene rings is 1. The van der Waals surface area contributed by atoms with Crippen molar-refractivity contribution in [2.24, 2.45) is 0 Å². The van der Waals surface area contributed by atoms with Gasteiger partial charge in [-0.15, -0.1) is 11.3 Å². The molecule has 0 spiro atoms. The number of ether oxygens (including phenoxy) is 1. The van der Waals surface area contributed by atoms with Gasteiger partial charge in [0.1, 0.15) is 11.4 Å². The minimum Gasteiger partial charge on any atom is -0.497 e. The SMILES string of the molecule is COc1ccc(CNCc2cn(-c3ccccc3)nc2-c2cccs2)cc1. The number of para-hydroxylation sites is 1. The molecule has 0 fully saturated rings. The molecule has 1 N–H and O–H groups in total. The van der Waals surface area contributed by atoms with E-state index < -0.39 is 0 Å². The van der Waals surface area contributed by atoms with Gasteiger partial charge < -0.3 is 10.1 Å². The van der Waals surface area contributed by atoms with E-state index >= 15 is 0 Å². The van der Waals surface area contributed by atoms with Crippen LogP contribution >= 0.6 is 11.3 Å². The lowest BCUT2D eigenvalue weighted by Gasteiger charge is -2.06. The molecular weight excluding hydrogens is 354 g/mol. The van der Waals surface area contributed by atoms with Crippen LogP contribution in [0.3, 0.4) is 0 Å². The molecule has 0 aliphatic carbocycles. The predicted octanol–water partition coefficient (Wildman–Crippen LogP) is 4.90. The van der Waals surface area contributed by atoms with Gasteiger partial charge >= 0.3 is 0 Å². The third-order valence-electron chi connectivity index (χ3n) is 4.37. The van der Waals surface area contributed by atoms with E-state index in [4.69, 9.17) is 9.84 Å². The van der Waals surface area contributed by atoms with Crippen LogP contribution in [0.25, 0.3) is 16.3 Å². The molecule has 0 bridgehead atoms. The lowest BCUT2D eigenvalue weighted by molar-refractivity contribution is 0.414. The van der Waals surface area contributed by atoms with Crippen molar-refractivity contribution < 1.29 is 4.74 Å². The minimum absolute atomic E-state index is 0.756. The first kappa shape index (κ1) is 17.5. The number of rotatable bonds is 7. The van der Waals surface area contributed by atoms with Gasteiger partial charge in [-0.25, -0.2) is 4.68 Å². The maximum Gasteiger partial charge on any atom is 0.118 e. The molecule has 0 aliphatic heterocycles. The van der Waals surface area contributed by atoms with Crippen molar-refractivity contribution in [1.82, 2.24) is 15.1 Å². The van der Waals surface area contributed by atoms with Gasteiger partial charge in [0, 0.05) is 24.8 Å². The first-order valence-corrected chi connectivity index (χ1v) is 9.73. The van der Waals surface area contributed by atoms with E-state index in [1.807, 2.05) is 35.0 Å². The van der Waals surface area contributed by atoms with Gasteiger partial charge in [0.2, 0.25) is 0 Å². The molecule has 0 amide bonds. The highest BCUT2D eigenvalue weighted by Gasteiger charge is 2.13. The Balaban J connectivity index is 1.52. The number of nitrogens with one attached hydrogen (secondary N) is 1. The van der Waals surface area contributed by atoms with E-state index in [-0.39, 0.29) is 0 Å². The van der Waals surface area contributed by atoms with Crippen molar-refractivity contribution in [2.75, 3.05) is 7.11 Å². The Labute approximate surface area is 163 Å². The van der Waals surface area contributed by atoms with Gasteiger partial charge in [0.05, 0.1) is 17.7 Å². The summed E-state index contributed by atoms with van der Waals surface area (Å²) < 4.78 is 7.17. The van der Waals surface area contributed by atoms with Gasteiger partial charge in [-0.3, -0.25) is 0 Å². The summed E-state index contributed by atoms with van der Waals surface area (Å²) in [5.41, 5.74) is 4.52. The fourth-order valence-corrected chi connectivity index (χ4v) is 3.70. The molecule has 2 aromatic heterocycles. The number of methoxy groups -OCH3 is 1. The van der Waals surface area contributed by atoms with Crippen LogP contribution in [-0.2, 0) is 13.1 Å². The summed E-state index contributed by atoms with van der Waals surface area (Å²) in [7, 11) is 1.68. The van der Waals surface area contributed by atoms with Crippen LogP contribution in [0.1, 0.15) is 11.1 Å². The van der Waals surface area contributed by atoms with Crippen LogP contribution in [-0.4, -0.2) is 16.9 Å². The maximum absolute atomic E-state index is 5.21. The maximum atomic E-state index is 5.21. The highest BCUT2D eigenvalue weighted by Crippen LogP contribution is 2.27. The van der Waals surface area contributed by atoms with Crippen LogP contribution in [0, 0.1) is 0 Å². The molecule has 0 saturated heterocycles. The molecule has 2 heterocycles. The Morgan fingerprint density at radius 1 is 0.963 bits per heavy atom. The first-order chi connectivity index (χ1) is 13.3. The zero-order chi connectivity index (χ0) is 18.5. The Morgan fingerprint density at radius 3 is 2.48 bits per heavy atom. The predicted molar refractivity (Wildman–Crippen MR) is 110 cm³/mol. The standard InChI is InChI=1S/C22H21N3OS/c1-26-20-11-9-17(10-12-20)14-23-15-18-16-25(19-6-3-2-4-7-19)24-22(18)21-8-5-13-27-21/h2-13,16,23H,14-15H2,1H3. The Bertz CT molecular complexity index is 976. The van der Waals surface area contributed by atoms with Gasteiger partial charge in [0.25, 0.3) is 0 Å². The fourth-order valence-electron chi connectivity index (χ4n) is 2.96. The Morgan fingerprint density at radius 2 is 1.78 bits per heavy atom. The summed E-state index contributed by atoms with van der Waals surface area (Å²) in [6.45, 7) is 1.55. The van der Waals surface area contributed by atoms with E-state index in [2.05, 4.69) is 53.3 Å². The Hall–Kier alpha value is -2.89. The van der Waals surface area contributed by atoms with Crippen LogP contribution in [0.4, 0.5) is 0 Å². The van der Waals surface area contributed by atoms with Crippen LogP contribution in [0.2, 0.25) is 0 Å². The fraction of sp³-hybridized carbons (Fsp3) is 0.136. The van der Waals surface area contributed by atoms with E-state index in [9.17, 15) is 0 Å². The van der Waals surface area contributed by atoms with Crippen LogP contribution in [0.15, 0.2) is 78.3 Å². The van der Waals surface area contributed by atoms with Crippen molar-refractivity contribution in [3.05, 3.63) is 89.4 Å².